The van der Waals surface area contributed by atoms with Crippen molar-refractivity contribution >= 4 is 9.84 Å². The molecule has 0 aliphatic carbocycles. The van der Waals surface area contributed by atoms with Gasteiger partial charge in [-0.15, -0.1) is 0 Å². The minimum absolute atomic E-state index is 0.165. The first-order valence-electron chi connectivity index (χ1n) is 10.4. The summed E-state index contributed by atoms with van der Waals surface area (Å²) in [6, 6.07) is 27.4. The van der Waals surface area contributed by atoms with Crippen molar-refractivity contribution in [1.82, 2.24) is 4.98 Å². The van der Waals surface area contributed by atoms with Crippen LogP contribution >= 0.6 is 0 Å². The van der Waals surface area contributed by atoms with E-state index >= 15 is 0 Å². The van der Waals surface area contributed by atoms with E-state index in [1.165, 1.54) is 12.1 Å². The molecule has 4 aromatic rings. The van der Waals surface area contributed by atoms with E-state index in [9.17, 15) is 8.42 Å². The monoisotopic (exact) mass is 461 g/mol. The molecule has 1 heterocycles. The molecule has 3 aromatic carbocycles. The maximum absolute atomic E-state index is 12.7. The maximum Gasteiger partial charge on any atom is 0.213 e. The van der Waals surface area contributed by atoms with E-state index in [0.717, 1.165) is 0 Å². The molecule has 1 unspecified atom stereocenters. The maximum atomic E-state index is 12.7. The topological polar surface area (TPSA) is 74.7 Å². The van der Waals surface area contributed by atoms with Gasteiger partial charge in [-0.25, -0.2) is 13.4 Å². The minimum Gasteiger partial charge on any atom is -0.490 e. The molecule has 0 aliphatic rings. The molecule has 168 valence electrons. The van der Waals surface area contributed by atoms with Crippen LogP contribution in [0.15, 0.2) is 113 Å². The van der Waals surface area contributed by atoms with E-state index in [1.54, 1.807) is 79.0 Å². The van der Waals surface area contributed by atoms with Crippen LogP contribution in [0.4, 0.5) is 0 Å². The molecular formula is C26H23NO5S. The molecule has 0 amide bonds. The Balaban J connectivity index is 1.32. The summed E-state index contributed by atoms with van der Waals surface area (Å²) in [6.07, 6.45) is 1.51. The molecule has 0 bridgehead atoms. The Morgan fingerprint density at radius 1 is 0.727 bits per heavy atom. The summed E-state index contributed by atoms with van der Waals surface area (Å²) < 4.78 is 42.7. The third kappa shape index (κ3) is 5.90. The Morgan fingerprint density at radius 3 is 1.94 bits per heavy atom. The summed E-state index contributed by atoms with van der Waals surface area (Å²) in [4.78, 5) is 4.60. The van der Waals surface area contributed by atoms with Gasteiger partial charge in [-0.1, -0.05) is 24.3 Å². The van der Waals surface area contributed by atoms with Crippen LogP contribution < -0.4 is 14.2 Å². The highest BCUT2D eigenvalue weighted by atomic mass is 32.2. The smallest absolute Gasteiger partial charge is 0.213 e. The lowest BCUT2D eigenvalue weighted by Gasteiger charge is -2.15. The van der Waals surface area contributed by atoms with Crippen molar-refractivity contribution in [2.24, 2.45) is 0 Å². The number of aromatic nitrogens is 1. The average Bonchev–Trinajstić information content (AvgIpc) is 2.85. The summed E-state index contributed by atoms with van der Waals surface area (Å²) in [6.45, 7) is 2.28. The number of sulfone groups is 1. The Morgan fingerprint density at radius 2 is 1.30 bits per heavy atom. The zero-order valence-corrected chi connectivity index (χ0v) is 18.8. The fourth-order valence-corrected chi connectivity index (χ4v) is 4.32. The Labute approximate surface area is 193 Å². The summed E-state index contributed by atoms with van der Waals surface area (Å²) in [7, 11) is -3.55. The van der Waals surface area contributed by atoms with Crippen molar-refractivity contribution in [2.75, 3.05) is 6.61 Å². The van der Waals surface area contributed by atoms with Gasteiger partial charge in [0.1, 0.15) is 30.0 Å². The first-order valence-corrected chi connectivity index (χ1v) is 11.9. The third-order valence-corrected chi connectivity index (χ3v) is 6.48. The first-order chi connectivity index (χ1) is 16.0. The molecule has 0 fully saturated rings. The van der Waals surface area contributed by atoms with E-state index in [4.69, 9.17) is 14.2 Å². The highest BCUT2D eigenvalue weighted by molar-refractivity contribution is 7.91. The molecule has 0 saturated carbocycles. The number of benzene rings is 3. The third-order valence-electron chi connectivity index (χ3n) is 4.69. The second kappa shape index (κ2) is 10.2. The van der Waals surface area contributed by atoms with Crippen molar-refractivity contribution < 1.29 is 22.6 Å². The molecule has 0 saturated heterocycles. The van der Waals surface area contributed by atoms with Crippen molar-refractivity contribution in [3.05, 3.63) is 103 Å². The number of hydrogen-bond acceptors (Lipinski definition) is 6. The Bertz CT molecular complexity index is 1260. The number of hydrogen-bond donors (Lipinski definition) is 0. The van der Waals surface area contributed by atoms with Gasteiger partial charge in [0.15, 0.2) is 0 Å². The molecule has 4 rings (SSSR count). The van der Waals surface area contributed by atoms with Crippen LogP contribution in [0.1, 0.15) is 6.92 Å². The molecule has 33 heavy (non-hydrogen) atoms. The summed E-state index contributed by atoms with van der Waals surface area (Å²) in [5, 5.41) is 0. The van der Waals surface area contributed by atoms with E-state index in [0.29, 0.717) is 29.7 Å². The summed E-state index contributed by atoms with van der Waals surface area (Å²) >= 11 is 0. The van der Waals surface area contributed by atoms with Crippen LogP contribution in [0.2, 0.25) is 0 Å². The highest BCUT2D eigenvalue weighted by Crippen LogP contribution is 2.27. The molecule has 0 aliphatic heterocycles. The number of rotatable bonds is 9. The molecule has 1 atom stereocenters. The van der Waals surface area contributed by atoms with Gasteiger partial charge in [0.25, 0.3) is 0 Å². The Hall–Kier alpha value is -3.84. The van der Waals surface area contributed by atoms with Crippen LogP contribution in [-0.2, 0) is 9.84 Å². The van der Waals surface area contributed by atoms with Gasteiger partial charge >= 0.3 is 0 Å². The fraction of sp³-hybridized carbons (Fsp3) is 0.115. The van der Waals surface area contributed by atoms with Gasteiger partial charge in [-0.05, 0) is 73.7 Å². The lowest BCUT2D eigenvalue weighted by Crippen LogP contribution is -2.21. The van der Waals surface area contributed by atoms with Crippen LogP contribution in [0, 0.1) is 0 Å². The second-order valence-corrected chi connectivity index (χ2v) is 9.22. The lowest BCUT2D eigenvalue weighted by molar-refractivity contribution is 0.138. The summed E-state index contributed by atoms with van der Waals surface area (Å²) in [5.41, 5.74) is 0. The predicted molar refractivity (Wildman–Crippen MR) is 125 cm³/mol. The van der Waals surface area contributed by atoms with Crippen LogP contribution in [0.3, 0.4) is 0 Å². The van der Waals surface area contributed by atoms with E-state index in [1.807, 2.05) is 19.1 Å². The number of nitrogens with zero attached hydrogens (tertiary/aromatic N) is 1. The molecule has 0 radical (unpaired) electrons. The predicted octanol–water partition coefficient (Wildman–Crippen LogP) is 5.55. The fourth-order valence-electron chi connectivity index (χ4n) is 3.03. The van der Waals surface area contributed by atoms with Crippen molar-refractivity contribution in [3.8, 4) is 23.1 Å². The van der Waals surface area contributed by atoms with Crippen molar-refractivity contribution in [1.29, 1.82) is 0 Å². The molecule has 7 heteroatoms. The molecule has 1 aromatic heterocycles. The van der Waals surface area contributed by atoms with Gasteiger partial charge in [-0.2, -0.15) is 0 Å². The van der Waals surface area contributed by atoms with Gasteiger partial charge in [0.05, 0.1) is 9.79 Å². The zero-order chi connectivity index (χ0) is 23.1. The van der Waals surface area contributed by atoms with Crippen LogP contribution in [0.5, 0.6) is 23.1 Å². The van der Waals surface area contributed by atoms with Gasteiger partial charge in [0, 0.05) is 12.3 Å². The number of pyridine rings is 1. The summed E-state index contributed by atoms with van der Waals surface area (Å²) in [5.74, 6) is 2.38. The zero-order valence-electron chi connectivity index (χ0n) is 18.0. The van der Waals surface area contributed by atoms with Crippen molar-refractivity contribution in [2.45, 2.75) is 22.8 Å². The molecule has 0 spiro atoms. The van der Waals surface area contributed by atoms with Gasteiger partial charge in [-0.3, -0.25) is 0 Å². The minimum atomic E-state index is -3.55. The van der Waals surface area contributed by atoms with Crippen molar-refractivity contribution in [3.63, 3.8) is 0 Å². The largest absolute Gasteiger partial charge is 0.490 e. The molecular weight excluding hydrogens is 438 g/mol. The molecule has 0 N–H and O–H groups in total. The standard InChI is InChI=1S/C26H23NO5S/c1-20(31-26-9-5-6-18-27-26)19-30-21-10-12-22(13-11-21)32-23-14-16-25(17-15-23)33(28,29)24-7-3-2-4-8-24/h2-18,20H,19H2,1H3. The number of ether oxygens (including phenoxy) is 3. The van der Waals surface area contributed by atoms with E-state index in [-0.39, 0.29) is 15.9 Å². The average molecular weight is 462 g/mol. The first kappa shape index (κ1) is 22.4. The van der Waals surface area contributed by atoms with Crippen LogP contribution in [-0.4, -0.2) is 26.1 Å². The normalized spacial score (nSPS) is 12.0. The van der Waals surface area contributed by atoms with E-state index < -0.39 is 9.84 Å². The van der Waals surface area contributed by atoms with Crippen LogP contribution in [0.25, 0.3) is 0 Å². The SMILES string of the molecule is CC(COc1ccc(Oc2ccc(S(=O)(=O)c3ccccc3)cc2)cc1)Oc1ccccn1. The van der Waals surface area contributed by atoms with E-state index in [2.05, 4.69) is 4.98 Å². The quantitative estimate of drug-likeness (QED) is 0.325. The van der Waals surface area contributed by atoms with Gasteiger partial charge < -0.3 is 14.2 Å². The second-order valence-electron chi connectivity index (χ2n) is 7.27. The Kier molecular flexibility index (Phi) is 6.90. The molecule has 6 nitrogen and oxygen atoms in total. The van der Waals surface area contributed by atoms with Gasteiger partial charge in [0.2, 0.25) is 15.7 Å². The highest BCUT2D eigenvalue weighted by Gasteiger charge is 2.17. The lowest BCUT2D eigenvalue weighted by atomic mass is 10.3.